The van der Waals surface area contributed by atoms with Crippen molar-refractivity contribution in [3.8, 4) is 0 Å². The first-order valence-electron chi connectivity index (χ1n) is 6.47. The van der Waals surface area contributed by atoms with Gasteiger partial charge >= 0.3 is 0 Å². The summed E-state index contributed by atoms with van der Waals surface area (Å²) in [5, 5.41) is 6.16. The molecule has 1 aromatic rings. The van der Waals surface area contributed by atoms with Crippen molar-refractivity contribution in [1.29, 1.82) is 0 Å². The topological polar surface area (TPSA) is 67.1 Å². The minimum Gasteiger partial charge on any atom is -0.399 e. The van der Waals surface area contributed by atoms with Crippen LogP contribution in [0.5, 0.6) is 0 Å². The molecule has 0 aliphatic heterocycles. The summed E-state index contributed by atoms with van der Waals surface area (Å²) >= 11 is 0. The summed E-state index contributed by atoms with van der Waals surface area (Å²) in [5.74, 6) is 0.0722. The van der Waals surface area contributed by atoms with Crippen LogP contribution in [-0.4, -0.2) is 25.0 Å². The van der Waals surface area contributed by atoms with Gasteiger partial charge < -0.3 is 16.4 Å². The predicted octanol–water partition coefficient (Wildman–Crippen LogP) is 1.32. The zero-order chi connectivity index (χ0) is 13.4. The Labute approximate surface area is 109 Å². The van der Waals surface area contributed by atoms with Crippen molar-refractivity contribution in [1.82, 2.24) is 10.6 Å². The van der Waals surface area contributed by atoms with E-state index in [1.165, 1.54) is 0 Å². The number of hydrogen-bond donors (Lipinski definition) is 3. The van der Waals surface area contributed by atoms with Crippen LogP contribution in [0.2, 0.25) is 0 Å². The van der Waals surface area contributed by atoms with Crippen LogP contribution in [0.3, 0.4) is 0 Å². The Morgan fingerprint density at radius 3 is 2.78 bits per heavy atom. The predicted molar refractivity (Wildman–Crippen MR) is 75.3 cm³/mol. The number of anilines is 1. The van der Waals surface area contributed by atoms with Crippen LogP contribution in [0.25, 0.3) is 0 Å². The fourth-order valence-corrected chi connectivity index (χ4v) is 1.79. The fourth-order valence-electron chi connectivity index (χ4n) is 1.79. The van der Waals surface area contributed by atoms with E-state index in [0.717, 1.165) is 17.8 Å². The van der Waals surface area contributed by atoms with E-state index in [2.05, 4.69) is 24.5 Å². The first kappa shape index (κ1) is 14.5. The monoisotopic (exact) mass is 249 g/mol. The average molecular weight is 249 g/mol. The van der Waals surface area contributed by atoms with Crippen LogP contribution in [0.4, 0.5) is 5.69 Å². The van der Waals surface area contributed by atoms with Gasteiger partial charge in [-0.05, 0) is 31.5 Å². The third kappa shape index (κ3) is 5.19. The van der Waals surface area contributed by atoms with Crippen LogP contribution in [0.15, 0.2) is 24.3 Å². The molecule has 1 amide bonds. The summed E-state index contributed by atoms with van der Waals surface area (Å²) in [6, 6.07) is 7.97. The highest BCUT2D eigenvalue weighted by molar-refractivity contribution is 5.76. The van der Waals surface area contributed by atoms with Gasteiger partial charge in [-0.15, -0.1) is 0 Å². The van der Waals surface area contributed by atoms with E-state index < -0.39 is 0 Å². The number of carbonyl (C=O) groups is 1. The molecule has 0 bridgehead atoms. The smallest absolute Gasteiger partial charge is 0.220 e. The maximum atomic E-state index is 11.7. The molecule has 0 radical (unpaired) electrons. The Morgan fingerprint density at radius 2 is 2.11 bits per heavy atom. The highest BCUT2D eigenvalue weighted by Gasteiger charge is 2.06. The van der Waals surface area contributed by atoms with Gasteiger partial charge in [0.1, 0.15) is 0 Å². The maximum absolute atomic E-state index is 11.7. The number of carbonyl (C=O) groups excluding carboxylic acids is 1. The van der Waals surface area contributed by atoms with Gasteiger partial charge in [0.05, 0.1) is 0 Å². The normalized spacial score (nSPS) is 12.1. The van der Waals surface area contributed by atoms with E-state index in [0.29, 0.717) is 25.4 Å². The van der Waals surface area contributed by atoms with Crippen LogP contribution >= 0.6 is 0 Å². The summed E-state index contributed by atoms with van der Waals surface area (Å²) in [6.45, 7) is 5.68. The van der Waals surface area contributed by atoms with E-state index in [-0.39, 0.29) is 5.91 Å². The maximum Gasteiger partial charge on any atom is 0.220 e. The number of nitrogens with two attached hydrogens (primary N) is 1. The Morgan fingerprint density at radius 1 is 1.39 bits per heavy atom. The molecule has 0 spiro atoms. The van der Waals surface area contributed by atoms with Crippen molar-refractivity contribution in [2.45, 2.75) is 32.7 Å². The molecule has 4 heteroatoms. The molecular formula is C14H23N3O. The molecule has 0 fully saturated rings. The first-order chi connectivity index (χ1) is 8.63. The molecule has 4 N–H and O–H groups in total. The van der Waals surface area contributed by atoms with Crippen molar-refractivity contribution in [2.75, 3.05) is 18.8 Å². The minimum absolute atomic E-state index is 0.0722. The van der Waals surface area contributed by atoms with Crippen LogP contribution in [0.1, 0.15) is 25.8 Å². The molecule has 0 aliphatic rings. The summed E-state index contributed by atoms with van der Waals surface area (Å²) in [5.41, 5.74) is 7.62. The number of aryl methyl sites for hydroxylation is 1. The summed E-state index contributed by atoms with van der Waals surface area (Å²) in [7, 11) is 0. The molecule has 0 aromatic heterocycles. The number of hydrogen-bond acceptors (Lipinski definition) is 3. The lowest BCUT2D eigenvalue weighted by molar-refractivity contribution is -0.121. The molecule has 0 saturated heterocycles. The Hall–Kier alpha value is -1.55. The second-order valence-corrected chi connectivity index (χ2v) is 4.46. The second kappa shape index (κ2) is 7.71. The van der Waals surface area contributed by atoms with Crippen molar-refractivity contribution in [3.05, 3.63) is 29.8 Å². The third-order valence-corrected chi connectivity index (χ3v) is 2.83. The average Bonchev–Trinajstić information content (AvgIpc) is 2.36. The second-order valence-electron chi connectivity index (χ2n) is 4.46. The molecule has 100 valence electrons. The summed E-state index contributed by atoms with van der Waals surface area (Å²) in [6.07, 6.45) is 1.17. The van der Waals surface area contributed by atoms with Crippen molar-refractivity contribution in [3.63, 3.8) is 0 Å². The zero-order valence-corrected chi connectivity index (χ0v) is 11.2. The molecule has 18 heavy (non-hydrogen) atoms. The molecule has 0 saturated carbocycles. The summed E-state index contributed by atoms with van der Waals surface area (Å²) in [4.78, 5) is 11.7. The van der Waals surface area contributed by atoms with E-state index in [1.807, 2.05) is 24.3 Å². The lowest BCUT2D eigenvalue weighted by Crippen LogP contribution is -2.38. The van der Waals surface area contributed by atoms with E-state index in [1.54, 1.807) is 0 Å². The number of benzene rings is 1. The lowest BCUT2D eigenvalue weighted by atomic mass is 10.1. The van der Waals surface area contributed by atoms with Crippen LogP contribution < -0.4 is 16.4 Å². The number of amides is 1. The van der Waals surface area contributed by atoms with Gasteiger partial charge in [0, 0.05) is 24.7 Å². The molecule has 0 heterocycles. The van der Waals surface area contributed by atoms with Crippen molar-refractivity contribution >= 4 is 11.6 Å². The fraction of sp³-hybridized carbons (Fsp3) is 0.500. The standard InChI is InChI=1S/C14H23N3O/c1-3-16-11(2)10-17-14(18)9-8-12-6-4-5-7-13(12)15/h4-7,11,16H,3,8-10,15H2,1-2H3,(H,17,18)/t11-/m1/s1. The lowest BCUT2D eigenvalue weighted by Gasteiger charge is -2.13. The van der Waals surface area contributed by atoms with Gasteiger partial charge in [-0.2, -0.15) is 0 Å². The van der Waals surface area contributed by atoms with E-state index >= 15 is 0 Å². The highest BCUT2D eigenvalue weighted by Crippen LogP contribution is 2.12. The first-order valence-corrected chi connectivity index (χ1v) is 6.47. The molecule has 1 atom stereocenters. The molecular weight excluding hydrogens is 226 g/mol. The molecule has 1 aromatic carbocycles. The number of nitrogen functional groups attached to an aromatic ring is 1. The molecule has 4 nitrogen and oxygen atoms in total. The van der Waals surface area contributed by atoms with Gasteiger partial charge in [0.15, 0.2) is 0 Å². The molecule has 1 rings (SSSR count). The van der Waals surface area contributed by atoms with Crippen LogP contribution in [-0.2, 0) is 11.2 Å². The Balaban J connectivity index is 2.27. The number of likely N-dealkylation sites (N-methyl/N-ethyl adjacent to an activating group) is 1. The van der Waals surface area contributed by atoms with Crippen LogP contribution in [0, 0.1) is 0 Å². The SMILES string of the molecule is CCN[C@H](C)CNC(=O)CCc1ccccc1N. The summed E-state index contributed by atoms with van der Waals surface area (Å²) < 4.78 is 0. The van der Waals surface area contributed by atoms with E-state index in [4.69, 9.17) is 5.73 Å². The third-order valence-electron chi connectivity index (χ3n) is 2.83. The Bertz CT molecular complexity index is 379. The largest absolute Gasteiger partial charge is 0.399 e. The van der Waals surface area contributed by atoms with E-state index in [9.17, 15) is 4.79 Å². The van der Waals surface area contributed by atoms with Gasteiger partial charge in [-0.25, -0.2) is 0 Å². The minimum atomic E-state index is 0.0722. The Kier molecular flexibility index (Phi) is 6.22. The van der Waals surface area contributed by atoms with Gasteiger partial charge in [-0.3, -0.25) is 4.79 Å². The number of rotatable bonds is 7. The molecule has 0 aliphatic carbocycles. The quantitative estimate of drug-likeness (QED) is 0.638. The van der Waals surface area contributed by atoms with Gasteiger partial charge in [0.25, 0.3) is 0 Å². The highest BCUT2D eigenvalue weighted by atomic mass is 16.1. The van der Waals surface area contributed by atoms with Crippen molar-refractivity contribution < 1.29 is 4.79 Å². The van der Waals surface area contributed by atoms with Gasteiger partial charge in [-0.1, -0.05) is 25.1 Å². The van der Waals surface area contributed by atoms with Gasteiger partial charge in [0.2, 0.25) is 5.91 Å². The number of para-hydroxylation sites is 1. The van der Waals surface area contributed by atoms with Crippen molar-refractivity contribution in [2.24, 2.45) is 0 Å². The zero-order valence-electron chi connectivity index (χ0n) is 11.2. The molecule has 0 unspecified atom stereocenters. The number of nitrogens with one attached hydrogen (secondary N) is 2.